The van der Waals surface area contributed by atoms with Crippen molar-refractivity contribution in [3.8, 4) is 0 Å². The van der Waals surface area contributed by atoms with Crippen LogP contribution in [0.4, 0.5) is 0 Å². The molecule has 11 heavy (non-hydrogen) atoms. The lowest BCUT2D eigenvalue weighted by atomic mass is 10.3. The van der Waals surface area contributed by atoms with Crippen molar-refractivity contribution < 1.29 is 9.90 Å². The summed E-state index contributed by atoms with van der Waals surface area (Å²) in [6.45, 7) is 0. The first kappa shape index (κ1) is 7.61. The lowest BCUT2D eigenvalue weighted by Crippen LogP contribution is -2.22. The Morgan fingerprint density at radius 2 is 2.45 bits per heavy atom. The van der Waals surface area contributed by atoms with E-state index in [0.29, 0.717) is 0 Å². The molecule has 0 radical (unpaired) electrons. The molecule has 1 aromatic heterocycles. The molecule has 0 saturated carbocycles. The largest absolute Gasteiger partial charge is 0.480 e. The van der Waals surface area contributed by atoms with E-state index in [1.165, 1.54) is 7.05 Å². The summed E-state index contributed by atoms with van der Waals surface area (Å²) < 4.78 is 0. The van der Waals surface area contributed by atoms with Crippen molar-refractivity contribution in [1.82, 2.24) is 20.2 Å². The van der Waals surface area contributed by atoms with Crippen molar-refractivity contribution in [2.24, 2.45) is 12.8 Å². The summed E-state index contributed by atoms with van der Waals surface area (Å²) in [5, 5.41) is 18.9. The average molecular weight is 157 g/mol. The van der Waals surface area contributed by atoms with E-state index in [1.54, 1.807) is 0 Å². The van der Waals surface area contributed by atoms with Gasteiger partial charge >= 0.3 is 5.97 Å². The van der Waals surface area contributed by atoms with Crippen molar-refractivity contribution in [1.29, 1.82) is 0 Å². The fourth-order valence-corrected chi connectivity index (χ4v) is 0.534. The van der Waals surface area contributed by atoms with E-state index in [4.69, 9.17) is 10.8 Å². The Balaban J connectivity index is 2.84. The standard InChI is InChI=1S/C4H7N5O2/c1-9-7-3(6-8-9)2(5)4(10)11/h2H,5H2,1H3,(H,10,11). The number of hydrogen-bond donors (Lipinski definition) is 2. The van der Waals surface area contributed by atoms with E-state index in [9.17, 15) is 4.79 Å². The minimum atomic E-state index is -1.19. The second kappa shape index (κ2) is 2.62. The number of tetrazole rings is 1. The van der Waals surface area contributed by atoms with E-state index in [0.717, 1.165) is 4.80 Å². The minimum Gasteiger partial charge on any atom is -0.480 e. The van der Waals surface area contributed by atoms with E-state index >= 15 is 0 Å². The van der Waals surface area contributed by atoms with Gasteiger partial charge in [-0.2, -0.15) is 4.80 Å². The molecule has 0 spiro atoms. The fraction of sp³-hybridized carbons (Fsp3) is 0.500. The van der Waals surface area contributed by atoms with Crippen LogP contribution in [-0.2, 0) is 11.8 Å². The summed E-state index contributed by atoms with van der Waals surface area (Å²) >= 11 is 0. The second-order valence-electron chi connectivity index (χ2n) is 1.95. The normalized spacial score (nSPS) is 12.9. The molecular formula is C4H7N5O2. The van der Waals surface area contributed by atoms with Crippen LogP contribution in [0.3, 0.4) is 0 Å². The Kier molecular flexibility index (Phi) is 1.81. The molecule has 0 aliphatic rings. The van der Waals surface area contributed by atoms with Crippen LogP contribution in [0.2, 0.25) is 0 Å². The summed E-state index contributed by atoms with van der Waals surface area (Å²) in [4.78, 5) is 11.4. The number of carbonyl (C=O) groups is 1. The zero-order valence-electron chi connectivity index (χ0n) is 5.80. The van der Waals surface area contributed by atoms with E-state index in [2.05, 4.69) is 15.4 Å². The van der Waals surface area contributed by atoms with Gasteiger partial charge in [-0.25, -0.2) is 0 Å². The lowest BCUT2D eigenvalue weighted by molar-refractivity contribution is -0.138. The molecule has 0 bridgehead atoms. The number of nitrogens with two attached hydrogens (primary N) is 1. The Morgan fingerprint density at radius 3 is 2.82 bits per heavy atom. The molecule has 1 atom stereocenters. The molecule has 3 N–H and O–H groups in total. The van der Waals surface area contributed by atoms with Gasteiger partial charge in [0.05, 0.1) is 7.05 Å². The maximum Gasteiger partial charge on any atom is 0.328 e. The van der Waals surface area contributed by atoms with Gasteiger partial charge in [-0.05, 0) is 5.21 Å². The van der Waals surface area contributed by atoms with Crippen molar-refractivity contribution in [3.05, 3.63) is 5.82 Å². The SMILES string of the molecule is Cn1nnc(C(N)C(=O)O)n1. The third-order valence-electron chi connectivity index (χ3n) is 1.07. The molecule has 1 unspecified atom stereocenters. The summed E-state index contributed by atoms with van der Waals surface area (Å²) in [7, 11) is 1.53. The highest BCUT2D eigenvalue weighted by Gasteiger charge is 2.18. The van der Waals surface area contributed by atoms with Crippen LogP contribution in [0.1, 0.15) is 11.9 Å². The Labute approximate surface area is 61.8 Å². The zero-order valence-corrected chi connectivity index (χ0v) is 5.80. The number of hydrogen-bond acceptors (Lipinski definition) is 5. The topological polar surface area (TPSA) is 107 Å². The number of rotatable bonds is 2. The van der Waals surface area contributed by atoms with Crippen molar-refractivity contribution in [3.63, 3.8) is 0 Å². The van der Waals surface area contributed by atoms with E-state index in [1.807, 2.05) is 0 Å². The maximum atomic E-state index is 10.3. The van der Waals surface area contributed by atoms with Crippen LogP contribution in [0.15, 0.2) is 0 Å². The highest BCUT2D eigenvalue weighted by Crippen LogP contribution is 1.99. The highest BCUT2D eigenvalue weighted by atomic mass is 16.4. The molecule has 7 nitrogen and oxygen atoms in total. The first-order valence-electron chi connectivity index (χ1n) is 2.83. The van der Waals surface area contributed by atoms with Gasteiger partial charge in [0.2, 0.25) is 5.82 Å². The molecule has 0 aromatic carbocycles. The van der Waals surface area contributed by atoms with Crippen LogP contribution >= 0.6 is 0 Å². The lowest BCUT2D eigenvalue weighted by Gasteiger charge is -1.96. The van der Waals surface area contributed by atoms with Gasteiger partial charge in [-0.3, -0.25) is 4.79 Å². The highest BCUT2D eigenvalue weighted by molar-refractivity contribution is 5.73. The third-order valence-corrected chi connectivity index (χ3v) is 1.07. The molecule has 1 heterocycles. The molecule has 0 saturated heterocycles. The van der Waals surface area contributed by atoms with Crippen LogP contribution in [0.25, 0.3) is 0 Å². The quantitative estimate of drug-likeness (QED) is 0.529. The van der Waals surface area contributed by atoms with Crippen LogP contribution in [0.5, 0.6) is 0 Å². The zero-order chi connectivity index (χ0) is 8.43. The van der Waals surface area contributed by atoms with Crippen LogP contribution in [0, 0.1) is 0 Å². The number of aryl methyl sites for hydroxylation is 1. The molecule has 0 aliphatic carbocycles. The predicted molar refractivity (Wildman–Crippen MR) is 33.4 cm³/mol. The molecule has 60 valence electrons. The average Bonchev–Trinajstić information content (AvgIpc) is 2.34. The number of carboxylic acid groups (broad SMARTS) is 1. The number of nitrogens with zero attached hydrogens (tertiary/aromatic N) is 4. The molecule has 1 aromatic rings. The molecule has 0 fully saturated rings. The third kappa shape index (κ3) is 1.49. The van der Waals surface area contributed by atoms with Crippen LogP contribution < -0.4 is 5.73 Å². The Hall–Kier alpha value is -1.50. The number of aromatic nitrogens is 4. The predicted octanol–water partition coefficient (Wildman–Crippen LogP) is -1.71. The van der Waals surface area contributed by atoms with Crippen molar-refractivity contribution in [2.45, 2.75) is 6.04 Å². The summed E-state index contributed by atoms with van der Waals surface area (Å²) in [6.07, 6.45) is 0. The monoisotopic (exact) mass is 157 g/mol. The number of aliphatic carboxylic acids is 1. The summed E-state index contributed by atoms with van der Waals surface area (Å²) in [5.41, 5.74) is 5.17. The Bertz CT molecular complexity index is 269. The fourth-order valence-electron chi connectivity index (χ4n) is 0.534. The van der Waals surface area contributed by atoms with Crippen molar-refractivity contribution in [2.75, 3.05) is 0 Å². The van der Waals surface area contributed by atoms with Gasteiger partial charge in [-0.1, -0.05) is 0 Å². The van der Waals surface area contributed by atoms with Gasteiger partial charge in [0.1, 0.15) is 0 Å². The van der Waals surface area contributed by atoms with Gasteiger partial charge in [-0.15, -0.1) is 10.2 Å². The second-order valence-corrected chi connectivity index (χ2v) is 1.95. The molecular weight excluding hydrogens is 150 g/mol. The van der Waals surface area contributed by atoms with Crippen molar-refractivity contribution >= 4 is 5.97 Å². The molecule has 1 rings (SSSR count). The van der Waals surface area contributed by atoms with Gasteiger partial charge in [0.15, 0.2) is 6.04 Å². The van der Waals surface area contributed by atoms with Crippen LogP contribution in [-0.4, -0.2) is 31.3 Å². The van der Waals surface area contributed by atoms with Gasteiger partial charge < -0.3 is 10.8 Å². The first-order chi connectivity index (χ1) is 5.11. The molecule has 7 heteroatoms. The smallest absolute Gasteiger partial charge is 0.328 e. The van der Waals surface area contributed by atoms with E-state index in [-0.39, 0.29) is 5.82 Å². The van der Waals surface area contributed by atoms with E-state index < -0.39 is 12.0 Å². The van der Waals surface area contributed by atoms with Gasteiger partial charge in [0.25, 0.3) is 0 Å². The van der Waals surface area contributed by atoms with Gasteiger partial charge in [0, 0.05) is 0 Å². The number of carboxylic acids is 1. The molecule has 0 aliphatic heterocycles. The first-order valence-corrected chi connectivity index (χ1v) is 2.83. The molecule has 0 amide bonds. The minimum absolute atomic E-state index is 0.0139. The Morgan fingerprint density at radius 1 is 1.82 bits per heavy atom. The summed E-state index contributed by atoms with van der Waals surface area (Å²) in [6, 6.07) is -1.19. The maximum absolute atomic E-state index is 10.3. The summed E-state index contributed by atoms with van der Waals surface area (Å²) in [5.74, 6) is -1.15.